The van der Waals surface area contributed by atoms with Gasteiger partial charge in [0.1, 0.15) is 18.1 Å². The lowest BCUT2D eigenvalue weighted by molar-refractivity contribution is -0.143. The van der Waals surface area contributed by atoms with E-state index in [4.69, 9.17) is 54.0 Å². The zero-order chi connectivity index (χ0) is 59.7. The highest BCUT2D eigenvalue weighted by atomic mass is 16.6. The number of carboxylic acids is 4. The van der Waals surface area contributed by atoms with E-state index >= 15 is 0 Å². The molecule has 0 spiro atoms. The Morgan fingerprint density at radius 2 is 0.605 bits per heavy atom. The first-order valence-corrected chi connectivity index (χ1v) is 29.4. The fraction of sp³-hybridized carbons (Fsp3) is 0.855. The lowest BCUT2D eigenvalue weighted by atomic mass is 10.0. The topological polar surface area (TPSA) is 377 Å². The van der Waals surface area contributed by atoms with Crippen LogP contribution in [0, 0.1) is 0 Å². The fourth-order valence-electron chi connectivity index (χ4n) is 7.86. The van der Waals surface area contributed by atoms with Gasteiger partial charge >= 0.3 is 23.9 Å². The second kappa shape index (κ2) is 57.2. The minimum Gasteiger partial charge on any atom is -0.481 e. The Morgan fingerprint density at radius 3 is 0.975 bits per heavy atom. The number of hydrogen-bond acceptors (Lipinski definition) is 18. The zero-order valence-electron chi connectivity index (χ0n) is 48.2. The Kier molecular flexibility index (Phi) is 53.9. The molecule has 472 valence electrons. The summed E-state index contributed by atoms with van der Waals surface area (Å²) in [6, 6.07) is -3.47. The summed E-state index contributed by atoms with van der Waals surface area (Å²) in [4.78, 5) is 94.2. The summed E-state index contributed by atoms with van der Waals surface area (Å²) in [6.07, 6.45) is 18.7. The monoisotopic (exact) mass is 1170 g/mol. The summed E-state index contributed by atoms with van der Waals surface area (Å²) in [5.74, 6) is -0.870. The number of carboxylic acid groups (broad SMARTS) is 4. The van der Waals surface area contributed by atoms with Crippen molar-refractivity contribution in [3.8, 4) is 0 Å². The van der Waals surface area contributed by atoms with Gasteiger partial charge in [0.25, 0.3) is 0 Å². The van der Waals surface area contributed by atoms with Crippen LogP contribution in [-0.2, 0) is 76.3 Å². The molecule has 0 aliphatic heterocycles. The second-order valence-electron chi connectivity index (χ2n) is 19.4. The SMILES string of the molecule is NN[C@@H](CCCCNC(=O)CCOCCOCCOCCOCCOCCOCCOCCOCCNC(=O)CC[C@H](NC(=O)CC[C@H](NC(=O)CCCCCCCCCCCCCCCCCCC(=O)O)C(=O)O)C(=O)O)C(=O)O. The van der Waals surface area contributed by atoms with Crippen molar-refractivity contribution in [2.24, 2.45) is 5.84 Å². The van der Waals surface area contributed by atoms with Crippen LogP contribution in [0.1, 0.15) is 167 Å². The Labute approximate surface area is 479 Å². The van der Waals surface area contributed by atoms with Crippen molar-refractivity contribution in [3.05, 3.63) is 0 Å². The normalized spacial score (nSPS) is 12.4. The highest BCUT2D eigenvalue weighted by Gasteiger charge is 2.24. The molecular formula is C55H102N6O20. The molecule has 0 fully saturated rings. The number of unbranched alkanes of at least 4 members (excludes halogenated alkanes) is 16. The van der Waals surface area contributed by atoms with E-state index in [1.54, 1.807) is 0 Å². The molecule has 0 aliphatic carbocycles. The van der Waals surface area contributed by atoms with Crippen LogP contribution in [0.15, 0.2) is 0 Å². The van der Waals surface area contributed by atoms with Gasteiger partial charge in [-0.1, -0.05) is 89.9 Å². The second-order valence-corrected chi connectivity index (χ2v) is 19.4. The number of nitrogens with two attached hydrogens (primary N) is 1. The van der Waals surface area contributed by atoms with Crippen molar-refractivity contribution in [3.63, 3.8) is 0 Å². The Bertz CT molecular complexity index is 1620. The van der Waals surface area contributed by atoms with Crippen molar-refractivity contribution in [1.82, 2.24) is 26.7 Å². The van der Waals surface area contributed by atoms with Crippen LogP contribution in [0.2, 0.25) is 0 Å². The van der Waals surface area contributed by atoms with Gasteiger partial charge < -0.3 is 79.6 Å². The molecule has 0 saturated heterocycles. The van der Waals surface area contributed by atoms with Gasteiger partial charge in [-0.15, -0.1) is 0 Å². The third kappa shape index (κ3) is 54.4. The van der Waals surface area contributed by atoms with Crippen LogP contribution in [-0.4, -0.2) is 205 Å². The van der Waals surface area contributed by atoms with Gasteiger partial charge in [-0.05, 0) is 44.9 Å². The molecule has 0 radical (unpaired) electrons. The van der Waals surface area contributed by atoms with Gasteiger partial charge in [-0.3, -0.25) is 34.6 Å². The molecule has 0 aromatic carbocycles. The molecule has 26 nitrogen and oxygen atoms in total. The van der Waals surface area contributed by atoms with Crippen LogP contribution < -0.4 is 32.5 Å². The average molecular weight is 1170 g/mol. The Balaban J connectivity index is 3.70. The average Bonchev–Trinajstić information content (AvgIpc) is 3.43. The Morgan fingerprint density at radius 1 is 0.296 bits per heavy atom. The van der Waals surface area contributed by atoms with Crippen molar-refractivity contribution < 1.29 is 96.7 Å². The van der Waals surface area contributed by atoms with Crippen molar-refractivity contribution in [2.75, 3.05) is 119 Å². The highest BCUT2D eigenvalue weighted by Crippen LogP contribution is 2.15. The van der Waals surface area contributed by atoms with Crippen molar-refractivity contribution >= 4 is 47.5 Å². The van der Waals surface area contributed by atoms with Gasteiger partial charge in [0.2, 0.25) is 23.6 Å². The lowest BCUT2D eigenvalue weighted by Gasteiger charge is -2.17. The predicted molar refractivity (Wildman–Crippen MR) is 298 cm³/mol. The van der Waals surface area contributed by atoms with Crippen LogP contribution in [0.4, 0.5) is 0 Å². The summed E-state index contributed by atoms with van der Waals surface area (Å²) < 4.78 is 43.6. The molecule has 0 aromatic rings. The van der Waals surface area contributed by atoms with E-state index < -0.39 is 59.7 Å². The number of rotatable bonds is 63. The van der Waals surface area contributed by atoms with Gasteiger partial charge in [-0.2, -0.15) is 0 Å². The maximum absolute atomic E-state index is 12.6. The molecule has 81 heavy (non-hydrogen) atoms. The van der Waals surface area contributed by atoms with Crippen LogP contribution in [0.3, 0.4) is 0 Å². The van der Waals surface area contributed by atoms with Crippen LogP contribution in [0.25, 0.3) is 0 Å². The fourth-order valence-corrected chi connectivity index (χ4v) is 7.86. The largest absolute Gasteiger partial charge is 0.481 e. The number of carbonyl (C=O) groups excluding carboxylic acids is 4. The van der Waals surface area contributed by atoms with Crippen molar-refractivity contribution in [2.45, 2.75) is 185 Å². The maximum atomic E-state index is 12.6. The summed E-state index contributed by atoms with van der Waals surface area (Å²) in [7, 11) is 0. The minimum absolute atomic E-state index is 0.137. The Hall–Kier alpha value is -4.64. The quantitative estimate of drug-likeness (QED) is 0.0236. The molecule has 0 bridgehead atoms. The molecule has 11 N–H and O–H groups in total. The van der Waals surface area contributed by atoms with Gasteiger partial charge in [0.15, 0.2) is 0 Å². The van der Waals surface area contributed by atoms with Crippen molar-refractivity contribution in [1.29, 1.82) is 0 Å². The number of hydrazine groups is 1. The molecule has 0 saturated carbocycles. The van der Waals surface area contributed by atoms with E-state index in [1.807, 2.05) is 0 Å². The molecule has 0 aliphatic rings. The molecule has 0 unspecified atom stereocenters. The molecule has 0 aromatic heterocycles. The zero-order valence-corrected chi connectivity index (χ0v) is 48.2. The summed E-state index contributed by atoms with van der Waals surface area (Å²) in [5, 5.41) is 47.0. The van der Waals surface area contributed by atoms with E-state index in [-0.39, 0.29) is 77.2 Å². The summed E-state index contributed by atoms with van der Waals surface area (Å²) >= 11 is 0. The highest BCUT2D eigenvalue weighted by molar-refractivity contribution is 5.86. The van der Waals surface area contributed by atoms with Gasteiger partial charge in [-0.25, -0.2) is 15.0 Å². The maximum Gasteiger partial charge on any atom is 0.326 e. The number of nitrogens with one attached hydrogen (secondary N) is 5. The van der Waals surface area contributed by atoms with Gasteiger partial charge in [0.05, 0.1) is 106 Å². The summed E-state index contributed by atoms with van der Waals surface area (Å²) in [5.41, 5.74) is 2.24. The first kappa shape index (κ1) is 76.4. The lowest BCUT2D eigenvalue weighted by Crippen LogP contribution is -2.44. The van der Waals surface area contributed by atoms with Crippen LogP contribution in [0.5, 0.6) is 0 Å². The van der Waals surface area contributed by atoms with E-state index in [1.165, 1.54) is 51.4 Å². The molecule has 4 amide bonds. The predicted octanol–water partition coefficient (Wildman–Crippen LogP) is 3.63. The molecule has 0 rings (SSSR count). The number of hydrogen-bond donors (Lipinski definition) is 10. The number of ether oxygens (including phenoxy) is 8. The van der Waals surface area contributed by atoms with E-state index in [0.29, 0.717) is 118 Å². The third-order valence-corrected chi connectivity index (χ3v) is 12.5. The van der Waals surface area contributed by atoms with E-state index in [0.717, 1.165) is 44.9 Å². The molecule has 0 heterocycles. The first-order valence-electron chi connectivity index (χ1n) is 29.4. The van der Waals surface area contributed by atoms with Crippen LogP contribution >= 0.6 is 0 Å². The standard InChI is InChI=1S/C55H102N6O20/c56-61-47(55(72)73)19-17-18-27-57-49(63)26-29-74-31-33-76-35-37-78-39-41-80-43-44-81-42-40-79-38-36-77-34-32-75-30-28-58-48(62)24-22-45(53(68)69)60-51(65)25-23-46(54(70)71)59-50(64)20-15-13-11-9-7-5-3-1-2-4-6-8-10-12-14-16-21-52(66)67/h45-47,61H,1-44,56H2,(H,57,63)(H,58,62)(H,59,64)(H,60,65)(H,66,67)(H,68,69)(H,70,71)(H,72,73)/t45-,46-,47-/m0/s1. The molecule has 3 atom stereocenters. The number of aliphatic carboxylic acids is 4. The number of amides is 4. The van der Waals surface area contributed by atoms with E-state index in [2.05, 4.69) is 26.7 Å². The van der Waals surface area contributed by atoms with E-state index in [9.17, 15) is 48.6 Å². The smallest absolute Gasteiger partial charge is 0.326 e. The minimum atomic E-state index is -1.37. The first-order chi connectivity index (χ1) is 39.3. The molecular weight excluding hydrogens is 1060 g/mol. The summed E-state index contributed by atoms with van der Waals surface area (Å²) in [6.45, 7) is 6.35. The van der Waals surface area contributed by atoms with Gasteiger partial charge in [0, 0.05) is 45.2 Å². The molecule has 26 heteroatoms. The number of carbonyl (C=O) groups is 8. The third-order valence-electron chi connectivity index (χ3n) is 12.5.